The van der Waals surface area contributed by atoms with Crippen LogP contribution in [0, 0.1) is 0 Å². The number of fused-ring (bicyclic) bond motifs is 1. The molecule has 0 saturated carbocycles. The summed E-state index contributed by atoms with van der Waals surface area (Å²) in [5, 5.41) is 0. The van der Waals surface area contributed by atoms with E-state index in [0.717, 1.165) is 11.1 Å². The number of carbonyl (C=O) groups is 2. The Hall–Kier alpha value is -4.96. The highest BCUT2D eigenvalue weighted by Gasteiger charge is 2.34. The third-order valence-electron chi connectivity index (χ3n) is 6.70. The molecule has 220 valence electrons. The highest BCUT2D eigenvalue weighted by atomic mass is 32.1. The van der Waals surface area contributed by atoms with E-state index in [1.54, 1.807) is 38.1 Å². The van der Waals surface area contributed by atoms with Gasteiger partial charge in [-0.05, 0) is 60.9 Å². The summed E-state index contributed by atoms with van der Waals surface area (Å²) in [6.07, 6.45) is 1.79. The van der Waals surface area contributed by atoms with Gasteiger partial charge in [0.05, 0.1) is 35.6 Å². The Labute approximate surface area is 252 Å². The Balaban J connectivity index is 1.54. The summed E-state index contributed by atoms with van der Waals surface area (Å²) in [4.78, 5) is 43.7. The highest BCUT2D eigenvalue weighted by Crippen LogP contribution is 2.36. The zero-order valence-electron chi connectivity index (χ0n) is 24.2. The first kappa shape index (κ1) is 29.5. The van der Waals surface area contributed by atoms with Crippen molar-refractivity contribution >= 4 is 29.4 Å². The molecule has 2 heterocycles. The fourth-order valence-corrected chi connectivity index (χ4v) is 5.80. The van der Waals surface area contributed by atoms with Crippen LogP contribution in [0.5, 0.6) is 17.2 Å². The molecule has 1 unspecified atom stereocenters. The first-order valence-electron chi connectivity index (χ1n) is 13.6. The van der Waals surface area contributed by atoms with Crippen molar-refractivity contribution in [2.75, 3.05) is 13.7 Å². The number of methoxy groups -OCH3 is 1. The summed E-state index contributed by atoms with van der Waals surface area (Å²) in [5.74, 6) is 0.140. The minimum absolute atomic E-state index is 0.159. The molecule has 10 heteroatoms. The van der Waals surface area contributed by atoms with E-state index in [1.165, 1.54) is 29.9 Å². The summed E-state index contributed by atoms with van der Waals surface area (Å²) >= 11 is 1.23. The van der Waals surface area contributed by atoms with Crippen LogP contribution in [0.3, 0.4) is 0 Å². The van der Waals surface area contributed by atoms with Crippen LogP contribution in [0.25, 0.3) is 6.08 Å². The number of benzene rings is 3. The number of thiazole rings is 1. The van der Waals surface area contributed by atoms with Crippen LogP contribution in [0.1, 0.15) is 43.5 Å². The molecule has 0 amide bonds. The third kappa shape index (κ3) is 6.44. The average Bonchev–Trinajstić information content (AvgIpc) is 3.30. The molecule has 43 heavy (non-hydrogen) atoms. The van der Waals surface area contributed by atoms with Gasteiger partial charge in [-0.3, -0.25) is 14.2 Å². The minimum Gasteiger partial charge on any atom is -0.493 e. The molecule has 9 nitrogen and oxygen atoms in total. The highest BCUT2D eigenvalue weighted by molar-refractivity contribution is 7.07. The van der Waals surface area contributed by atoms with E-state index in [-0.39, 0.29) is 29.2 Å². The number of ether oxygens (including phenoxy) is 4. The zero-order valence-corrected chi connectivity index (χ0v) is 25.0. The van der Waals surface area contributed by atoms with Gasteiger partial charge in [-0.25, -0.2) is 9.79 Å². The lowest BCUT2D eigenvalue weighted by atomic mass is 9.95. The molecule has 0 fully saturated rings. The maximum absolute atomic E-state index is 13.9. The smallest absolute Gasteiger partial charge is 0.338 e. The number of hydrogen-bond donors (Lipinski definition) is 0. The van der Waals surface area contributed by atoms with Gasteiger partial charge >= 0.3 is 11.9 Å². The molecule has 1 atom stereocenters. The number of hydrogen-bond acceptors (Lipinski definition) is 9. The molecular weight excluding hydrogens is 568 g/mol. The Morgan fingerprint density at radius 3 is 2.44 bits per heavy atom. The molecule has 0 spiro atoms. The first-order valence-corrected chi connectivity index (χ1v) is 14.4. The molecule has 0 radical (unpaired) electrons. The van der Waals surface area contributed by atoms with Gasteiger partial charge in [0, 0.05) is 6.92 Å². The van der Waals surface area contributed by atoms with Gasteiger partial charge in [0.25, 0.3) is 5.56 Å². The predicted molar refractivity (Wildman–Crippen MR) is 162 cm³/mol. The largest absolute Gasteiger partial charge is 0.493 e. The van der Waals surface area contributed by atoms with E-state index in [2.05, 4.69) is 4.99 Å². The van der Waals surface area contributed by atoms with Crippen molar-refractivity contribution < 1.29 is 28.5 Å². The molecule has 4 aromatic rings. The Morgan fingerprint density at radius 2 is 1.77 bits per heavy atom. The van der Waals surface area contributed by atoms with Crippen LogP contribution >= 0.6 is 11.3 Å². The van der Waals surface area contributed by atoms with Gasteiger partial charge in [-0.2, -0.15) is 0 Å². The predicted octanol–water partition coefficient (Wildman–Crippen LogP) is 4.31. The molecule has 0 saturated heterocycles. The average molecular weight is 599 g/mol. The number of allylic oxidation sites excluding steroid dienone is 1. The SMILES string of the molecule is CCOC(=O)C1=C(C)N=c2sc(=Cc3ccc(OCc4ccccc4)cc3)c(=O)n2C1c1ccc(OC(C)=O)c(OC)c1. The van der Waals surface area contributed by atoms with Crippen LogP contribution in [-0.2, 0) is 20.9 Å². The van der Waals surface area contributed by atoms with Crippen LogP contribution in [-0.4, -0.2) is 30.2 Å². The summed E-state index contributed by atoms with van der Waals surface area (Å²) in [7, 11) is 1.45. The summed E-state index contributed by atoms with van der Waals surface area (Å²) < 4.78 is 23.9. The Morgan fingerprint density at radius 1 is 1.02 bits per heavy atom. The lowest BCUT2D eigenvalue weighted by Gasteiger charge is -2.25. The Kier molecular flexibility index (Phi) is 8.87. The third-order valence-corrected chi connectivity index (χ3v) is 7.68. The molecule has 5 rings (SSSR count). The lowest BCUT2D eigenvalue weighted by molar-refractivity contribution is -0.139. The molecule has 0 aliphatic carbocycles. The number of aromatic nitrogens is 1. The number of rotatable bonds is 9. The molecule has 1 aliphatic heterocycles. The maximum Gasteiger partial charge on any atom is 0.338 e. The second kappa shape index (κ2) is 12.9. The minimum atomic E-state index is -0.841. The molecule has 0 bridgehead atoms. The van der Waals surface area contributed by atoms with E-state index in [9.17, 15) is 14.4 Å². The van der Waals surface area contributed by atoms with Gasteiger partial charge in [0.15, 0.2) is 16.3 Å². The summed E-state index contributed by atoms with van der Waals surface area (Å²) in [6.45, 7) is 5.34. The second-order valence-electron chi connectivity index (χ2n) is 9.65. The number of carbonyl (C=O) groups excluding carboxylic acids is 2. The monoisotopic (exact) mass is 598 g/mol. The topological polar surface area (TPSA) is 105 Å². The molecule has 0 N–H and O–H groups in total. The van der Waals surface area contributed by atoms with Crippen LogP contribution in [0.2, 0.25) is 0 Å². The van der Waals surface area contributed by atoms with Gasteiger partial charge in [-0.1, -0.05) is 59.9 Å². The van der Waals surface area contributed by atoms with Crippen molar-refractivity contribution in [2.45, 2.75) is 33.4 Å². The van der Waals surface area contributed by atoms with Crippen LogP contribution < -0.4 is 29.1 Å². The van der Waals surface area contributed by atoms with Crippen molar-refractivity contribution in [3.05, 3.63) is 120 Å². The number of esters is 2. The fourth-order valence-electron chi connectivity index (χ4n) is 4.75. The fraction of sp³-hybridized carbons (Fsp3) is 0.212. The van der Waals surface area contributed by atoms with E-state index in [4.69, 9.17) is 18.9 Å². The van der Waals surface area contributed by atoms with Crippen molar-refractivity contribution in [1.82, 2.24) is 4.57 Å². The van der Waals surface area contributed by atoms with E-state index in [0.29, 0.717) is 33.0 Å². The summed E-state index contributed by atoms with van der Waals surface area (Å²) in [6, 6.07) is 21.4. The van der Waals surface area contributed by atoms with Crippen molar-refractivity contribution in [3.8, 4) is 17.2 Å². The molecular formula is C33H30N2O7S. The Bertz CT molecular complexity index is 1870. The van der Waals surface area contributed by atoms with Crippen LogP contribution in [0.15, 0.2) is 93.9 Å². The van der Waals surface area contributed by atoms with Gasteiger partial charge in [0.1, 0.15) is 12.4 Å². The van der Waals surface area contributed by atoms with E-state index >= 15 is 0 Å². The lowest BCUT2D eigenvalue weighted by Crippen LogP contribution is -2.40. The first-order chi connectivity index (χ1) is 20.8. The van der Waals surface area contributed by atoms with Gasteiger partial charge in [-0.15, -0.1) is 0 Å². The number of nitrogens with zero attached hydrogens (tertiary/aromatic N) is 2. The van der Waals surface area contributed by atoms with Crippen molar-refractivity contribution in [3.63, 3.8) is 0 Å². The van der Waals surface area contributed by atoms with E-state index in [1.807, 2.05) is 54.6 Å². The van der Waals surface area contributed by atoms with E-state index < -0.39 is 18.0 Å². The zero-order chi connectivity index (χ0) is 30.5. The second-order valence-corrected chi connectivity index (χ2v) is 10.7. The quantitative estimate of drug-likeness (QED) is 0.209. The molecule has 3 aromatic carbocycles. The molecule has 1 aliphatic rings. The van der Waals surface area contributed by atoms with Gasteiger partial charge in [0.2, 0.25) is 0 Å². The van der Waals surface area contributed by atoms with Gasteiger partial charge < -0.3 is 18.9 Å². The standard InChI is InChI=1S/C33H30N2O7S/c1-5-40-32(38)29-20(2)34-33-35(30(29)24-13-16-26(42-21(3)36)27(18-24)39-4)31(37)28(43-33)17-22-11-14-25(15-12-22)41-19-23-9-7-6-8-10-23/h6-18,30H,5,19H2,1-4H3. The van der Waals surface area contributed by atoms with Crippen molar-refractivity contribution in [2.24, 2.45) is 4.99 Å². The normalized spacial score (nSPS) is 14.5. The van der Waals surface area contributed by atoms with Crippen molar-refractivity contribution in [1.29, 1.82) is 0 Å². The molecule has 1 aromatic heterocycles. The summed E-state index contributed by atoms with van der Waals surface area (Å²) in [5.41, 5.74) is 2.82. The van der Waals surface area contributed by atoms with Crippen LogP contribution in [0.4, 0.5) is 0 Å². The maximum atomic E-state index is 13.9.